The highest BCUT2D eigenvalue weighted by Gasteiger charge is 2.19. The van der Waals surface area contributed by atoms with E-state index in [1.54, 1.807) is 16.7 Å². The Morgan fingerprint density at radius 3 is 2.51 bits per heavy atom. The highest BCUT2D eigenvalue weighted by atomic mass is 32.2. The van der Waals surface area contributed by atoms with Crippen LogP contribution in [0.1, 0.15) is 5.56 Å². The van der Waals surface area contributed by atoms with Gasteiger partial charge < -0.3 is 15.0 Å². The van der Waals surface area contributed by atoms with Gasteiger partial charge in [0.15, 0.2) is 5.69 Å². The van der Waals surface area contributed by atoms with Gasteiger partial charge in [0.1, 0.15) is 10.7 Å². The quantitative estimate of drug-likeness (QED) is 0.194. The normalized spacial score (nSPS) is 11.9. The van der Waals surface area contributed by atoms with Crippen LogP contribution >= 0.6 is 12.2 Å². The molecular formula is C26H20FN5O3S2. The summed E-state index contributed by atoms with van der Waals surface area (Å²) in [6, 6.07) is 24.0. The summed E-state index contributed by atoms with van der Waals surface area (Å²) >= 11 is 5.20. The number of azo groups is 1. The standard InChI is InChI=1S/C26H20FN5O3S2/c27-19-11-12-22-20(14-19)24(30-31-26(36)29-21-7-3-4-8-23(21)37(28,34)35)25(33)32(22)15-16-9-10-17-5-1-2-6-18(17)13-16/h1-14,33H,15H2,(H,29,36)(H2,28,34,35). The van der Waals surface area contributed by atoms with Crippen molar-refractivity contribution in [3.63, 3.8) is 0 Å². The Morgan fingerprint density at radius 2 is 1.73 bits per heavy atom. The van der Waals surface area contributed by atoms with Crippen molar-refractivity contribution in [2.75, 3.05) is 5.32 Å². The molecule has 0 atom stereocenters. The SMILES string of the molecule is NS(=O)(=O)c1ccccc1NC(=S)N=Nc1c(O)n(Cc2ccc3ccccc3c2)c2ccc(F)cc12. The Kier molecular flexibility index (Phi) is 6.42. The maximum absolute atomic E-state index is 14.1. The number of aromatic hydroxyl groups is 1. The number of nitrogens with two attached hydrogens (primary N) is 1. The van der Waals surface area contributed by atoms with Crippen LogP contribution in [-0.4, -0.2) is 23.2 Å². The summed E-state index contributed by atoms with van der Waals surface area (Å²) in [5, 5.41) is 29.3. The first-order chi connectivity index (χ1) is 17.7. The predicted molar refractivity (Wildman–Crippen MR) is 145 cm³/mol. The molecule has 4 aromatic carbocycles. The van der Waals surface area contributed by atoms with Crippen molar-refractivity contribution in [3.05, 3.63) is 96.3 Å². The molecule has 186 valence electrons. The van der Waals surface area contributed by atoms with Crippen LogP contribution in [0.4, 0.5) is 15.8 Å². The number of aromatic nitrogens is 1. The number of benzene rings is 4. The predicted octanol–water partition coefficient (Wildman–Crippen LogP) is 5.82. The van der Waals surface area contributed by atoms with E-state index in [1.807, 2.05) is 42.5 Å². The van der Waals surface area contributed by atoms with Crippen molar-refractivity contribution in [1.82, 2.24) is 4.57 Å². The first kappa shape index (κ1) is 24.5. The third kappa shape index (κ3) is 5.05. The summed E-state index contributed by atoms with van der Waals surface area (Å²) < 4.78 is 39.4. The Hall–Kier alpha value is -4.19. The summed E-state index contributed by atoms with van der Waals surface area (Å²) in [6.07, 6.45) is 0. The van der Waals surface area contributed by atoms with E-state index in [2.05, 4.69) is 15.5 Å². The molecule has 37 heavy (non-hydrogen) atoms. The van der Waals surface area contributed by atoms with Crippen molar-refractivity contribution >= 4 is 60.4 Å². The molecule has 0 aliphatic carbocycles. The highest BCUT2D eigenvalue weighted by Crippen LogP contribution is 2.40. The van der Waals surface area contributed by atoms with Gasteiger partial charge in [-0.2, -0.15) is 0 Å². The van der Waals surface area contributed by atoms with Crippen LogP contribution in [0.25, 0.3) is 21.7 Å². The average Bonchev–Trinajstić information content (AvgIpc) is 3.12. The molecule has 0 unspecified atom stereocenters. The molecule has 0 radical (unpaired) electrons. The molecule has 0 fully saturated rings. The van der Waals surface area contributed by atoms with Gasteiger partial charge in [-0.3, -0.25) is 0 Å². The molecule has 11 heteroatoms. The second kappa shape index (κ2) is 9.69. The fourth-order valence-corrected chi connectivity index (χ4v) is 4.97. The summed E-state index contributed by atoms with van der Waals surface area (Å²) in [6.45, 7) is 0.304. The van der Waals surface area contributed by atoms with Gasteiger partial charge in [0.25, 0.3) is 0 Å². The lowest BCUT2D eigenvalue weighted by Gasteiger charge is -2.09. The molecule has 5 aromatic rings. The van der Waals surface area contributed by atoms with Crippen LogP contribution in [0, 0.1) is 5.82 Å². The number of primary sulfonamides is 1. The second-order valence-electron chi connectivity index (χ2n) is 8.27. The number of para-hydroxylation sites is 1. The fourth-order valence-electron chi connectivity index (χ4n) is 4.13. The first-order valence-corrected chi connectivity index (χ1v) is 13.0. The molecule has 0 saturated heterocycles. The minimum atomic E-state index is -4.01. The number of rotatable bonds is 5. The van der Waals surface area contributed by atoms with E-state index >= 15 is 0 Å². The molecule has 1 heterocycles. The number of thiocarbonyl (C=S) groups is 1. The third-order valence-corrected chi connectivity index (χ3v) is 6.96. The number of nitrogens with one attached hydrogen (secondary N) is 1. The van der Waals surface area contributed by atoms with Gasteiger partial charge >= 0.3 is 0 Å². The zero-order valence-electron chi connectivity index (χ0n) is 19.2. The molecule has 0 aliphatic rings. The Labute approximate surface area is 216 Å². The van der Waals surface area contributed by atoms with Gasteiger partial charge in [0.05, 0.1) is 17.7 Å². The number of hydrogen-bond donors (Lipinski definition) is 3. The second-order valence-corrected chi connectivity index (χ2v) is 10.2. The first-order valence-electron chi connectivity index (χ1n) is 11.0. The summed E-state index contributed by atoms with van der Waals surface area (Å²) in [4.78, 5) is -0.163. The molecule has 1 aromatic heterocycles. The Bertz CT molecular complexity index is 1820. The largest absolute Gasteiger partial charge is 0.493 e. The molecule has 0 amide bonds. The third-order valence-electron chi connectivity index (χ3n) is 5.80. The number of nitrogens with zero attached hydrogens (tertiary/aromatic N) is 3. The molecule has 0 bridgehead atoms. The van der Waals surface area contributed by atoms with Crippen LogP contribution in [-0.2, 0) is 16.6 Å². The van der Waals surface area contributed by atoms with Crippen molar-refractivity contribution in [3.8, 4) is 5.88 Å². The van der Waals surface area contributed by atoms with Crippen molar-refractivity contribution in [2.24, 2.45) is 15.4 Å². The van der Waals surface area contributed by atoms with E-state index in [9.17, 15) is 17.9 Å². The van der Waals surface area contributed by atoms with Crippen LogP contribution in [0.3, 0.4) is 0 Å². The monoisotopic (exact) mass is 533 g/mol. The smallest absolute Gasteiger partial charge is 0.240 e. The zero-order chi connectivity index (χ0) is 26.2. The summed E-state index contributed by atoms with van der Waals surface area (Å²) in [7, 11) is -4.01. The summed E-state index contributed by atoms with van der Waals surface area (Å²) in [5.74, 6) is -0.722. The number of fused-ring (bicyclic) bond motifs is 2. The van der Waals surface area contributed by atoms with Crippen molar-refractivity contribution in [1.29, 1.82) is 0 Å². The van der Waals surface area contributed by atoms with E-state index in [4.69, 9.17) is 17.4 Å². The Morgan fingerprint density at radius 1 is 1.00 bits per heavy atom. The number of hydrogen-bond acceptors (Lipinski definition) is 5. The molecule has 8 nitrogen and oxygen atoms in total. The lowest BCUT2D eigenvalue weighted by molar-refractivity contribution is 0.429. The number of sulfonamides is 1. The molecule has 5 rings (SSSR count). The van der Waals surface area contributed by atoms with E-state index in [-0.39, 0.29) is 27.3 Å². The van der Waals surface area contributed by atoms with Gasteiger partial charge in [-0.1, -0.05) is 48.5 Å². The van der Waals surface area contributed by atoms with E-state index in [1.165, 1.54) is 30.3 Å². The number of halogens is 1. The highest BCUT2D eigenvalue weighted by molar-refractivity contribution is 7.89. The number of anilines is 1. The topological polar surface area (TPSA) is 122 Å². The lowest BCUT2D eigenvalue weighted by atomic mass is 10.1. The molecule has 0 spiro atoms. The fraction of sp³-hybridized carbons (Fsp3) is 0.0385. The lowest BCUT2D eigenvalue weighted by Crippen LogP contribution is -2.16. The average molecular weight is 534 g/mol. The van der Waals surface area contributed by atoms with Crippen LogP contribution in [0.5, 0.6) is 5.88 Å². The maximum Gasteiger partial charge on any atom is 0.240 e. The minimum Gasteiger partial charge on any atom is -0.493 e. The van der Waals surface area contributed by atoms with Gasteiger partial charge in [-0.15, -0.1) is 10.2 Å². The molecule has 4 N–H and O–H groups in total. The van der Waals surface area contributed by atoms with Gasteiger partial charge in [-0.25, -0.2) is 17.9 Å². The molecular weight excluding hydrogens is 513 g/mol. The van der Waals surface area contributed by atoms with Crippen LogP contribution in [0.15, 0.2) is 100 Å². The van der Waals surface area contributed by atoms with Crippen LogP contribution in [0.2, 0.25) is 0 Å². The van der Waals surface area contributed by atoms with Crippen molar-refractivity contribution < 1.29 is 17.9 Å². The minimum absolute atomic E-state index is 0.0270. The van der Waals surface area contributed by atoms with Gasteiger partial charge in [0, 0.05) is 5.39 Å². The van der Waals surface area contributed by atoms with E-state index in [0.717, 1.165) is 16.3 Å². The summed E-state index contributed by atoms with van der Waals surface area (Å²) in [5.41, 5.74) is 1.64. The van der Waals surface area contributed by atoms with Gasteiger partial charge in [0.2, 0.25) is 21.0 Å². The van der Waals surface area contributed by atoms with E-state index < -0.39 is 15.8 Å². The Balaban J connectivity index is 1.49. The molecule has 0 aliphatic heterocycles. The van der Waals surface area contributed by atoms with Crippen LogP contribution < -0.4 is 10.5 Å². The van der Waals surface area contributed by atoms with Gasteiger partial charge in [-0.05, 0) is 65.0 Å². The van der Waals surface area contributed by atoms with E-state index in [0.29, 0.717) is 17.4 Å². The zero-order valence-corrected chi connectivity index (χ0v) is 20.8. The molecule has 0 saturated carbocycles. The van der Waals surface area contributed by atoms with Crippen molar-refractivity contribution in [2.45, 2.75) is 11.4 Å². The maximum atomic E-state index is 14.1.